The van der Waals surface area contributed by atoms with Crippen LogP contribution in [0.2, 0.25) is 0 Å². The zero-order valence-corrected chi connectivity index (χ0v) is 17.9. The van der Waals surface area contributed by atoms with Crippen molar-refractivity contribution in [1.29, 1.82) is 0 Å². The summed E-state index contributed by atoms with van der Waals surface area (Å²) >= 11 is 0. The van der Waals surface area contributed by atoms with E-state index >= 15 is 0 Å². The first-order chi connectivity index (χ1) is 15.1. The van der Waals surface area contributed by atoms with E-state index in [1.165, 1.54) is 5.69 Å². The monoisotopic (exact) mass is 408 g/mol. The lowest BCUT2D eigenvalue weighted by Crippen LogP contribution is -2.00. The Labute approximate surface area is 181 Å². The van der Waals surface area contributed by atoms with Crippen molar-refractivity contribution in [2.45, 2.75) is 20.8 Å². The van der Waals surface area contributed by atoms with E-state index in [0.717, 1.165) is 50.3 Å². The molecule has 2 aromatic heterocycles. The van der Waals surface area contributed by atoms with Crippen LogP contribution in [-0.4, -0.2) is 17.4 Å². The van der Waals surface area contributed by atoms with Crippen LogP contribution in [-0.2, 0) is 0 Å². The van der Waals surface area contributed by atoms with Crippen molar-refractivity contribution in [2.75, 3.05) is 6.61 Å². The van der Waals surface area contributed by atoms with E-state index in [1.807, 2.05) is 55.6 Å². The molecule has 4 nitrogen and oxygen atoms in total. The Morgan fingerprint density at radius 2 is 1.68 bits per heavy atom. The minimum Gasteiger partial charge on any atom is -0.494 e. The molecule has 0 aliphatic heterocycles. The van der Waals surface area contributed by atoms with E-state index < -0.39 is 0 Å². The van der Waals surface area contributed by atoms with Gasteiger partial charge in [-0.15, -0.1) is 0 Å². The predicted molar refractivity (Wildman–Crippen MR) is 127 cm³/mol. The Morgan fingerprint density at radius 1 is 0.903 bits per heavy atom. The molecular formula is C27H24N2O2. The molecule has 154 valence electrons. The van der Waals surface area contributed by atoms with E-state index in [4.69, 9.17) is 14.1 Å². The highest BCUT2D eigenvalue weighted by molar-refractivity contribution is 6.06. The Morgan fingerprint density at radius 3 is 2.48 bits per heavy atom. The summed E-state index contributed by atoms with van der Waals surface area (Å²) < 4.78 is 13.7. The number of para-hydroxylation sites is 1. The van der Waals surface area contributed by atoms with Gasteiger partial charge >= 0.3 is 0 Å². The Bertz CT molecular complexity index is 1410. The second-order valence-corrected chi connectivity index (χ2v) is 7.63. The maximum absolute atomic E-state index is 5.92. The molecule has 5 rings (SSSR count). The number of aryl methyl sites for hydroxylation is 1. The molecule has 0 spiro atoms. The van der Waals surface area contributed by atoms with Crippen LogP contribution in [0.4, 0.5) is 5.69 Å². The summed E-state index contributed by atoms with van der Waals surface area (Å²) in [5.41, 5.74) is 7.23. The number of hydrogen-bond donors (Lipinski definition) is 0. The number of rotatable bonds is 5. The standard InChI is InChI=1S/C27H24N2O2/c1-4-30-23-12-10-22(11-13-23)29-18(2)15-20(19(29)3)17-28-21-9-14-27-25(16-21)24-7-5-6-8-26(24)31-27/h5-17H,4H2,1-3H3. The van der Waals surface area contributed by atoms with Gasteiger partial charge in [-0.3, -0.25) is 4.99 Å². The zero-order chi connectivity index (χ0) is 21.4. The van der Waals surface area contributed by atoms with Crippen molar-refractivity contribution in [3.63, 3.8) is 0 Å². The van der Waals surface area contributed by atoms with Gasteiger partial charge in [-0.2, -0.15) is 0 Å². The molecule has 3 aromatic carbocycles. The second kappa shape index (κ2) is 7.80. The molecule has 0 unspecified atom stereocenters. The maximum atomic E-state index is 5.92. The number of benzene rings is 3. The normalized spacial score (nSPS) is 11.7. The quantitative estimate of drug-likeness (QED) is 0.290. The number of ether oxygens (including phenoxy) is 1. The Hall–Kier alpha value is -3.79. The van der Waals surface area contributed by atoms with Gasteiger partial charge in [0.25, 0.3) is 0 Å². The van der Waals surface area contributed by atoms with Gasteiger partial charge in [-0.1, -0.05) is 18.2 Å². The summed E-state index contributed by atoms with van der Waals surface area (Å²) in [7, 11) is 0. The minimum atomic E-state index is 0.669. The molecule has 0 aliphatic rings. The first-order valence-corrected chi connectivity index (χ1v) is 10.5. The predicted octanol–water partition coefficient (Wildman–Crippen LogP) is 7.14. The number of fused-ring (bicyclic) bond motifs is 3. The van der Waals surface area contributed by atoms with Gasteiger partial charge in [-0.05, 0) is 75.4 Å². The van der Waals surface area contributed by atoms with Gasteiger partial charge < -0.3 is 13.7 Å². The minimum absolute atomic E-state index is 0.669. The molecule has 0 saturated heterocycles. The van der Waals surface area contributed by atoms with E-state index in [0.29, 0.717) is 6.61 Å². The lowest BCUT2D eigenvalue weighted by atomic mass is 10.1. The third-order valence-corrected chi connectivity index (χ3v) is 5.59. The molecule has 4 heteroatoms. The molecule has 0 fully saturated rings. The average molecular weight is 409 g/mol. The van der Waals surface area contributed by atoms with Crippen molar-refractivity contribution in [1.82, 2.24) is 4.57 Å². The smallest absolute Gasteiger partial charge is 0.135 e. The molecule has 31 heavy (non-hydrogen) atoms. The molecule has 2 heterocycles. The van der Waals surface area contributed by atoms with Crippen LogP contribution in [0.25, 0.3) is 27.6 Å². The number of hydrogen-bond acceptors (Lipinski definition) is 3. The Balaban J connectivity index is 1.47. The van der Waals surface area contributed by atoms with Crippen LogP contribution in [0.5, 0.6) is 5.75 Å². The molecular weight excluding hydrogens is 384 g/mol. The van der Waals surface area contributed by atoms with Gasteiger partial charge in [0.15, 0.2) is 0 Å². The molecule has 0 radical (unpaired) electrons. The third kappa shape index (κ3) is 3.50. The van der Waals surface area contributed by atoms with E-state index in [1.54, 1.807) is 0 Å². The Kier molecular flexibility index (Phi) is 4.83. The first kappa shape index (κ1) is 19.2. The number of furan rings is 1. The number of aliphatic imine (C=N–C) groups is 1. The highest BCUT2D eigenvalue weighted by Crippen LogP contribution is 2.31. The van der Waals surface area contributed by atoms with Crippen LogP contribution in [0.15, 0.2) is 82.2 Å². The average Bonchev–Trinajstić information content (AvgIpc) is 3.29. The van der Waals surface area contributed by atoms with Gasteiger partial charge in [0.1, 0.15) is 16.9 Å². The third-order valence-electron chi connectivity index (χ3n) is 5.59. The fraction of sp³-hybridized carbons (Fsp3) is 0.148. The number of nitrogens with zero attached hydrogens (tertiary/aromatic N) is 2. The topological polar surface area (TPSA) is 39.7 Å². The molecule has 5 aromatic rings. The molecule has 0 saturated carbocycles. The molecule has 0 N–H and O–H groups in total. The van der Waals surface area contributed by atoms with Crippen molar-refractivity contribution < 1.29 is 9.15 Å². The van der Waals surface area contributed by atoms with Gasteiger partial charge in [0, 0.05) is 39.6 Å². The SMILES string of the molecule is CCOc1ccc(-n2c(C)cc(C=Nc3ccc4oc5ccccc5c4c3)c2C)cc1. The fourth-order valence-corrected chi connectivity index (χ4v) is 4.11. The van der Waals surface area contributed by atoms with Crippen molar-refractivity contribution >= 4 is 33.8 Å². The first-order valence-electron chi connectivity index (χ1n) is 10.5. The van der Waals surface area contributed by atoms with E-state index in [-0.39, 0.29) is 0 Å². The van der Waals surface area contributed by atoms with Crippen molar-refractivity contribution in [2.24, 2.45) is 4.99 Å². The summed E-state index contributed by atoms with van der Waals surface area (Å²) in [6.45, 7) is 6.90. The van der Waals surface area contributed by atoms with Crippen LogP contribution in [0.1, 0.15) is 23.9 Å². The lowest BCUT2D eigenvalue weighted by molar-refractivity contribution is 0.340. The summed E-state index contributed by atoms with van der Waals surface area (Å²) in [6, 6.07) is 24.5. The highest BCUT2D eigenvalue weighted by Gasteiger charge is 2.10. The summed E-state index contributed by atoms with van der Waals surface area (Å²) in [6.07, 6.45) is 1.94. The van der Waals surface area contributed by atoms with Gasteiger partial charge in [-0.25, -0.2) is 0 Å². The number of aromatic nitrogens is 1. The van der Waals surface area contributed by atoms with Gasteiger partial charge in [0.05, 0.1) is 12.3 Å². The van der Waals surface area contributed by atoms with E-state index in [2.05, 4.69) is 48.7 Å². The van der Waals surface area contributed by atoms with Crippen LogP contribution >= 0.6 is 0 Å². The molecule has 0 atom stereocenters. The summed E-state index contributed by atoms with van der Waals surface area (Å²) in [5.74, 6) is 0.887. The highest BCUT2D eigenvalue weighted by atomic mass is 16.5. The van der Waals surface area contributed by atoms with Crippen LogP contribution in [0, 0.1) is 13.8 Å². The van der Waals surface area contributed by atoms with Crippen molar-refractivity contribution in [3.05, 3.63) is 89.7 Å². The molecule has 0 amide bonds. The fourth-order valence-electron chi connectivity index (χ4n) is 4.11. The molecule has 0 bridgehead atoms. The zero-order valence-electron chi connectivity index (χ0n) is 17.9. The van der Waals surface area contributed by atoms with Crippen molar-refractivity contribution in [3.8, 4) is 11.4 Å². The summed E-state index contributed by atoms with van der Waals surface area (Å²) in [5, 5.41) is 2.20. The van der Waals surface area contributed by atoms with Crippen LogP contribution in [0.3, 0.4) is 0 Å². The summed E-state index contributed by atoms with van der Waals surface area (Å²) in [4.78, 5) is 4.76. The van der Waals surface area contributed by atoms with Crippen LogP contribution < -0.4 is 4.74 Å². The second-order valence-electron chi connectivity index (χ2n) is 7.63. The lowest BCUT2D eigenvalue weighted by Gasteiger charge is -2.10. The van der Waals surface area contributed by atoms with E-state index in [9.17, 15) is 0 Å². The maximum Gasteiger partial charge on any atom is 0.135 e. The largest absolute Gasteiger partial charge is 0.494 e. The molecule has 0 aliphatic carbocycles. The van der Waals surface area contributed by atoms with Gasteiger partial charge in [0.2, 0.25) is 0 Å².